The number of aliphatic hydroxyl groups is 1. The first kappa shape index (κ1) is 21.3. The second-order valence-electron chi connectivity index (χ2n) is 7.45. The van der Waals surface area contributed by atoms with Crippen LogP contribution in [0.1, 0.15) is 37.4 Å². The van der Waals surface area contributed by atoms with Crippen molar-refractivity contribution in [1.82, 2.24) is 15.1 Å². The molecule has 0 unspecified atom stereocenters. The molecule has 29 heavy (non-hydrogen) atoms. The third kappa shape index (κ3) is 4.76. The van der Waals surface area contributed by atoms with Crippen LogP contribution in [0.3, 0.4) is 0 Å². The summed E-state index contributed by atoms with van der Waals surface area (Å²) >= 11 is 0. The highest BCUT2D eigenvalue weighted by molar-refractivity contribution is 5.85. The van der Waals surface area contributed by atoms with Crippen molar-refractivity contribution in [3.05, 3.63) is 39.8 Å². The molecule has 10 heteroatoms. The van der Waals surface area contributed by atoms with E-state index in [-0.39, 0.29) is 42.5 Å². The molecular formula is C19H22F3N3O4. The highest BCUT2D eigenvalue weighted by Gasteiger charge is 2.31. The summed E-state index contributed by atoms with van der Waals surface area (Å²) in [4.78, 5) is 25.1. The topological polar surface area (TPSA) is 93.5 Å². The van der Waals surface area contributed by atoms with E-state index in [0.29, 0.717) is 12.1 Å². The summed E-state index contributed by atoms with van der Waals surface area (Å²) in [5.74, 6) is -0.763. The van der Waals surface area contributed by atoms with Gasteiger partial charge in [-0.25, -0.2) is 4.68 Å². The number of halogens is 3. The highest BCUT2D eigenvalue weighted by atomic mass is 19.4. The maximum absolute atomic E-state index is 13.1. The Bertz CT molecular complexity index is 972. The summed E-state index contributed by atoms with van der Waals surface area (Å²) in [6.07, 6.45) is -4.88. The molecule has 0 radical (unpaired) electrons. The summed E-state index contributed by atoms with van der Waals surface area (Å²) in [5, 5.41) is 16.6. The zero-order valence-corrected chi connectivity index (χ0v) is 16.0. The van der Waals surface area contributed by atoms with Gasteiger partial charge < -0.3 is 15.2 Å². The van der Waals surface area contributed by atoms with Crippen LogP contribution in [-0.4, -0.2) is 46.2 Å². The molecule has 158 valence electrons. The maximum atomic E-state index is 13.1. The smallest absolute Gasteiger partial charge is 0.391 e. The number of rotatable bonds is 4. The lowest BCUT2D eigenvalue weighted by molar-refractivity contribution is -0.137. The summed E-state index contributed by atoms with van der Waals surface area (Å²) in [5.41, 5.74) is -1.21. The Labute approximate surface area is 164 Å². The van der Waals surface area contributed by atoms with Crippen LogP contribution >= 0.6 is 0 Å². The molecular weight excluding hydrogens is 391 g/mol. The predicted octanol–water partition coefficient (Wildman–Crippen LogP) is 1.80. The van der Waals surface area contributed by atoms with E-state index in [1.54, 1.807) is 13.8 Å². The predicted molar refractivity (Wildman–Crippen MR) is 98.5 cm³/mol. The second-order valence-corrected chi connectivity index (χ2v) is 7.45. The molecule has 3 rings (SSSR count). The molecule has 2 aromatic rings. The van der Waals surface area contributed by atoms with Crippen LogP contribution in [0.2, 0.25) is 0 Å². The number of ether oxygens (including phenoxy) is 1. The third-order valence-electron chi connectivity index (χ3n) is 4.71. The number of benzene rings is 1. The molecule has 0 bridgehead atoms. The molecule has 2 N–H and O–H groups in total. The third-order valence-corrected chi connectivity index (χ3v) is 4.71. The van der Waals surface area contributed by atoms with Gasteiger partial charge in [0.2, 0.25) is 5.91 Å². The fourth-order valence-electron chi connectivity index (χ4n) is 3.34. The molecule has 1 aliphatic heterocycles. The Kier molecular flexibility index (Phi) is 5.95. The normalized spacial score (nSPS) is 20.2. The molecule has 0 spiro atoms. The van der Waals surface area contributed by atoms with E-state index in [2.05, 4.69) is 10.4 Å². The van der Waals surface area contributed by atoms with E-state index in [1.807, 2.05) is 0 Å². The van der Waals surface area contributed by atoms with Gasteiger partial charge in [-0.1, -0.05) is 13.8 Å². The quantitative estimate of drug-likeness (QED) is 0.798. The number of amides is 1. The van der Waals surface area contributed by atoms with Crippen LogP contribution in [0.5, 0.6) is 0 Å². The summed E-state index contributed by atoms with van der Waals surface area (Å²) in [6, 6.07) is 2.50. The largest absolute Gasteiger partial charge is 0.416 e. The lowest BCUT2D eigenvalue weighted by Crippen LogP contribution is -2.46. The molecule has 1 aliphatic rings. The van der Waals surface area contributed by atoms with Crippen LogP contribution in [0, 0.1) is 0 Å². The van der Waals surface area contributed by atoms with Gasteiger partial charge in [0.25, 0.3) is 5.56 Å². The minimum Gasteiger partial charge on any atom is -0.391 e. The fourth-order valence-corrected chi connectivity index (χ4v) is 3.34. The maximum Gasteiger partial charge on any atom is 0.416 e. The Morgan fingerprint density at radius 1 is 1.34 bits per heavy atom. The van der Waals surface area contributed by atoms with Crippen LogP contribution in [0.4, 0.5) is 13.2 Å². The molecule has 1 aromatic carbocycles. The summed E-state index contributed by atoms with van der Waals surface area (Å²) < 4.78 is 45.3. The number of hydrogen-bond donors (Lipinski definition) is 2. The lowest BCUT2D eigenvalue weighted by atomic mass is 10.0. The summed E-state index contributed by atoms with van der Waals surface area (Å²) in [7, 11) is 0. The van der Waals surface area contributed by atoms with Crippen molar-refractivity contribution < 1.29 is 27.8 Å². The Morgan fingerprint density at radius 3 is 2.69 bits per heavy atom. The van der Waals surface area contributed by atoms with Crippen molar-refractivity contribution in [2.24, 2.45) is 0 Å². The van der Waals surface area contributed by atoms with Gasteiger partial charge >= 0.3 is 6.18 Å². The molecule has 1 aromatic heterocycles. The van der Waals surface area contributed by atoms with Crippen molar-refractivity contribution in [3.8, 4) is 0 Å². The molecule has 2 heterocycles. The van der Waals surface area contributed by atoms with Gasteiger partial charge in [-0.05, 0) is 30.5 Å². The molecule has 0 aliphatic carbocycles. The number of hydrogen-bond acceptors (Lipinski definition) is 5. The number of carbonyl (C=O) groups is 1. The Hall–Kier alpha value is -2.46. The zero-order valence-electron chi connectivity index (χ0n) is 16.0. The van der Waals surface area contributed by atoms with Gasteiger partial charge in [0.15, 0.2) is 0 Å². The fraction of sp³-hybridized carbons (Fsp3) is 0.526. The number of carbonyl (C=O) groups excluding carboxylic acids is 1. The second kappa shape index (κ2) is 8.11. The number of nitrogens with one attached hydrogen (secondary N) is 1. The molecule has 7 nitrogen and oxygen atoms in total. The van der Waals surface area contributed by atoms with Crippen molar-refractivity contribution in [3.63, 3.8) is 0 Å². The van der Waals surface area contributed by atoms with E-state index < -0.39 is 29.3 Å². The summed E-state index contributed by atoms with van der Waals surface area (Å²) in [6.45, 7) is 3.56. The Morgan fingerprint density at radius 2 is 2.07 bits per heavy atom. The first-order valence-corrected chi connectivity index (χ1v) is 9.23. The monoisotopic (exact) mass is 413 g/mol. The highest BCUT2D eigenvalue weighted by Crippen LogP contribution is 2.32. The molecule has 1 saturated heterocycles. The van der Waals surface area contributed by atoms with Crippen molar-refractivity contribution in [1.29, 1.82) is 0 Å². The lowest BCUT2D eigenvalue weighted by Gasteiger charge is -2.26. The first-order chi connectivity index (χ1) is 13.6. The van der Waals surface area contributed by atoms with Crippen molar-refractivity contribution in [2.45, 2.75) is 51.1 Å². The van der Waals surface area contributed by atoms with Crippen LogP contribution < -0.4 is 10.9 Å². The van der Waals surface area contributed by atoms with E-state index >= 15 is 0 Å². The SMILES string of the molecule is CC(C)c1nn(CC(=O)N[C@@H]2COC[C@H](O)C2)c(=O)c2ccc(C(F)(F)F)cc12. The molecule has 1 amide bonds. The van der Waals surface area contributed by atoms with Gasteiger partial charge in [0.1, 0.15) is 6.54 Å². The average molecular weight is 413 g/mol. The first-order valence-electron chi connectivity index (χ1n) is 9.23. The number of alkyl halides is 3. The van der Waals surface area contributed by atoms with Gasteiger partial charge in [-0.3, -0.25) is 9.59 Å². The Balaban J connectivity index is 1.93. The van der Waals surface area contributed by atoms with Gasteiger partial charge in [0, 0.05) is 5.39 Å². The van der Waals surface area contributed by atoms with Crippen LogP contribution in [0.25, 0.3) is 10.8 Å². The van der Waals surface area contributed by atoms with E-state index in [0.717, 1.165) is 22.9 Å². The van der Waals surface area contributed by atoms with Gasteiger partial charge in [-0.15, -0.1) is 0 Å². The van der Waals surface area contributed by atoms with Crippen molar-refractivity contribution >= 4 is 16.7 Å². The van der Waals surface area contributed by atoms with E-state index in [4.69, 9.17) is 4.74 Å². The number of aliphatic hydroxyl groups excluding tert-OH is 1. The van der Waals surface area contributed by atoms with Crippen LogP contribution in [-0.2, 0) is 22.3 Å². The van der Waals surface area contributed by atoms with E-state index in [1.165, 1.54) is 0 Å². The number of fused-ring (bicyclic) bond motifs is 1. The number of aromatic nitrogens is 2. The standard InChI is InChI=1S/C19H22F3N3O4/c1-10(2)17-15-5-11(19(20,21)22)3-4-14(15)18(28)25(24-17)7-16(27)23-12-6-13(26)9-29-8-12/h3-5,10,12-13,26H,6-9H2,1-2H3,(H,23,27)/t12-,13+/m0/s1. The van der Waals surface area contributed by atoms with Crippen LogP contribution in [0.15, 0.2) is 23.0 Å². The average Bonchev–Trinajstić information content (AvgIpc) is 2.62. The van der Waals surface area contributed by atoms with Crippen molar-refractivity contribution in [2.75, 3.05) is 13.2 Å². The minimum atomic E-state index is -4.54. The molecule has 1 fully saturated rings. The molecule has 2 atom stereocenters. The minimum absolute atomic E-state index is 0.0703. The van der Waals surface area contributed by atoms with E-state index in [9.17, 15) is 27.9 Å². The van der Waals surface area contributed by atoms with Gasteiger partial charge in [0.05, 0.1) is 42.0 Å². The molecule has 0 saturated carbocycles. The van der Waals surface area contributed by atoms with Gasteiger partial charge in [-0.2, -0.15) is 18.3 Å². The number of nitrogens with zero attached hydrogens (tertiary/aromatic N) is 2. The zero-order chi connectivity index (χ0) is 21.3.